The highest BCUT2D eigenvalue weighted by atomic mass is 16.3. The van der Waals surface area contributed by atoms with E-state index in [0.717, 1.165) is 5.69 Å². The minimum Gasteiger partial charge on any atom is -0.394 e. The third kappa shape index (κ3) is 2.01. The Morgan fingerprint density at radius 2 is 2.43 bits per heavy atom. The fourth-order valence-electron chi connectivity index (χ4n) is 1.12. The number of hydrogen-bond donors (Lipinski definition) is 1. The molecule has 0 radical (unpaired) electrons. The van der Waals surface area contributed by atoms with Crippen molar-refractivity contribution in [2.45, 2.75) is 13.0 Å². The van der Waals surface area contributed by atoms with Gasteiger partial charge in [0.2, 0.25) is 0 Å². The van der Waals surface area contributed by atoms with E-state index in [-0.39, 0.29) is 12.6 Å². The van der Waals surface area contributed by atoms with E-state index >= 15 is 0 Å². The first kappa shape index (κ1) is 10.5. The summed E-state index contributed by atoms with van der Waals surface area (Å²) in [6, 6.07) is 3.73. The maximum Gasteiger partial charge on any atom is 0.101 e. The topological polar surface area (TPSA) is 60.1 Å². The normalized spacial score (nSPS) is 11.9. The van der Waals surface area contributed by atoms with Gasteiger partial charge in [-0.25, -0.2) is 0 Å². The summed E-state index contributed by atoms with van der Waals surface area (Å²) in [4.78, 5) is 5.80. The molecule has 1 aromatic rings. The van der Waals surface area contributed by atoms with Gasteiger partial charge in [-0.15, -0.1) is 0 Å². The molecule has 0 aromatic carbocycles. The Kier molecular flexibility index (Phi) is 3.43. The lowest BCUT2D eigenvalue weighted by Gasteiger charge is -2.25. The Hall–Kier alpha value is -1.60. The van der Waals surface area contributed by atoms with Crippen LogP contribution in [0.4, 0.5) is 5.69 Å². The predicted octanol–water partition coefficient (Wildman–Crippen LogP) is 0.770. The van der Waals surface area contributed by atoms with Crippen LogP contribution >= 0.6 is 0 Å². The van der Waals surface area contributed by atoms with E-state index in [1.165, 1.54) is 0 Å². The van der Waals surface area contributed by atoms with E-state index in [2.05, 4.69) is 11.1 Å². The SMILES string of the molecule is CC(CO)N(C)c1cnccc1C#N. The van der Waals surface area contributed by atoms with E-state index < -0.39 is 0 Å². The maximum atomic E-state index is 8.99. The van der Waals surface area contributed by atoms with Crippen LogP contribution in [0, 0.1) is 11.3 Å². The Balaban J connectivity index is 3.01. The fraction of sp³-hybridized carbons (Fsp3) is 0.400. The van der Waals surface area contributed by atoms with Crippen molar-refractivity contribution in [3.8, 4) is 6.07 Å². The van der Waals surface area contributed by atoms with Gasteiger partial charge >= 0.3 is 0 Å². The van der Waals surface area contributed by atoms with E-state index in [9.17, 15) is 0 Å². The quantitative estimate of drug-likeness (QED) is 0.766. The monoisotopic (exact) mass is 191 g/mol. The number of rotatable bonds is 3. The average molecular weight is 191 g/mol. The predicted molar refractivity (Wildman–Crippen MR) is 53.9 cm³/mol. The highest BCUT2D eigenvalue weighted by molar-refractivity contribution is 5.57. The minimum absolute atomic E-state index is 0.0219. The first-order chi connectivity index (χ1) is 6.70. The van der Waals surface area contributed by atoms with Crippen LogP contribution in [0.3, 0.4) is 0 Å². The van der Waals surface area contributed by atoms with Crippen molar-refractivity contribution in [1.29, 1.82) is 5.26 Å². The largest absolute Gasteiger partial charge is 0.394 e. The van der Waals surface area contributed by atoms with Crippen molar-refractivity contribution in [3.63, 3.8) is 0 Å². The van der Waals surface area contributed by atoms with Crippen molar-refractivity contribution in [1.82, 2.24) is 4.98 Å². The first-order valence-electron chi connectivity index (χ1n) is 4.38. The summed E-state index contributed by atoms with van der Waals surface area (Å²) < 4.78 is 0. The third-order valence-electron chi connectivity index (χ3n) is 2.23. The number of pyridine rings is 1. The van der Waals surface area contributed by atoms with Gasteiger partial charge in [-0.2, -0.15) is 5.26 Å². The van der Waals surface area contributed by atoms with Gasteiger partial charge in [0.05, 0.1) is 24.1 Å². The van der Waals surface area contributed by atoms with Crippen LogP contribution in [0.1, 0.15) is 12.5 Å². The molecule has 0 aliphatic heterocycles. The molecular formula is C10H13N3O. The summed E-state index contributed by atoms with van der Waals surface area (Å²) in [7, 11) is 1.83. The lowest BCUT2D eigenvalue weighted by molar-refractivity contribution is 0.270. The Morgan fingerprint density at radius 1 is 1.71 bits per heavy atom. The molecule has 14 heavy (non-hydrogen) atoms. The van der Waals surface area contributed by atoms with Crippen LogP contribution in [0.2, 0.25) is 0 Å². The molecule has 0 bridgehead atoms. The molecule has 1 unspecified atom stereocenters. The van der Waals surface area contributed by atoms with Gasteiger partial charge in [-0.3, -0.25) is 4.98 Å². The molecule has 1 N–H and O–H groups in total. The smallest absolute Gasteiger partial charge is 0.101 e. The molecule has 1 aromatic heterocycles. The highest BCUT2D eigenvalue weighted by Crippen LogP contribution is 2.18. The molecule has 4 heteroatoms. The van der Waals surface area contributed by atoms with Gasteiger partial charge < -0.3 is 10.0 Å². The summed E-state index contributed by atoms with van der Waals surface area (Å²) in [6.45, 7) is 1.93. The molecule has 1 atom stereocenters. The summed E-state index contributed by atoms with van der Waals surface area (Å²) in [5.41, 5.74) is 1.32. The lowest BCUT2D eigenvalue weighted by atomic mass is 10.2. The average Bonchev–Trinajstić information content (AvgIpc) is 2.26. The molecule has 4 nitrogen and oxygen atoms in total. The van der Waals surface area contributed by atoms with Crippen molar-refractivity contribution in [2.75, 3.05) is 18.6 Å². The Bertz CT molecular complexity index is 345. The molecule has 0 saturated carbocycles. The van der Waals surface area contributed by atoms with Gasteiger partial charge in [0.1, 0.15) is 6.07 Å². The zero-order valence-electron chi connectivity index (χ0n) is 8.31. The molecule has 0 aliphatic rings. The molecule has 0 aliphatic carbocycles. The number of aromatic nitrogens is 1. The zero-order valence-corrected chi connectivity index (χ0v) is 8.31. The second kappa shape index (κ2) is 4.58. The molecule has 1 heterocycles. The Labute approximate surface area is 83.4 Å². The second-order valence-corrected chi connectivity index (χ2v) is 3.15. The summed E-state index contributed by atoms with van der Waals surface area (Å²) in [5, 5.41) is 17.8. The van der Waals surface area contributed by atoms with Crippen LogP contribution in [-0.2, 0) is 0 Å². The van der Waals surface area contributed by atoms with Gasteiger partial charge in [-0.1, -0.05) is 0 Å². The number of nitrogens with zero attached hydrogens (tertiary/aromatic N) is 3. The summed E-state index contributed by atoms with van der Waals surface area (Å²) in [5.74, 6) is 0. The number of likely N-dealkylation sites (N-methyl/N-ethyl adjacent to an activating group) is 1. The van der Waals surface area contributed by atoms with E-state index in [0.29, 0.717) is 5.56 Å². The molecular weight excluding hydrogens is 178 g/mol. The molecule has 0 amide bonds. The van der Waals surface area contributed by atoms with Crippen LogP contribution in [0.15, 0.2) is 18.5 Å². The van der Waals surface area contributed by atoms with Crippen molar-refractivity contribution in [2.24, 2.45) is 0 Å². The van der Waals surface area contributed by atoms with Crippen LogP contribution in [0.25, 0.3) is 0 Å². The van der Waals surface area contributed by atoms with Crippen LogP contribution < -0.4 is 4.90 Å². The fourth-order valence-corrected chi connectivity index (χ4v) is 1.12. The third-order valence-corrected chi connectivity index (χ3v) is 2.23. The summed E-state index contributed by atoms with van der Waals surface area (Å²) in [6.07, 6.45) is 3.21. The number of aliphatic hydroxyl groups is 1. The van der Waals surface area contributed by atoms with Gasteiger partial charge in [0.15, 0.2) is 0 Å². The highest BCUT2D eigenvalue weighted by Gasteiger charge is 2.12. The molecule has 0 spiro atoms. The van der Waals surface area contributed by atoms with Crippen LogP contribution in [-0.4, -0.2) is 29.8 Å². The van der Waals surface area contributed by atoms with Gasteiger partial charge in [0.25, 0.3) is 0 Å². The molecule has 1 rings (SSSR count). The first-order valence-corrected chi connectivity index (χ1v) is 4.38. The van der Waals surface area contributed by atoms with Gasteiger partial charge in [0, 0.05) is 19.3 Å². The van der Waals surface area contributed by atoms with E-state index in [1.54, 1.807) is 18.5 Å². The van der Waals surface area contributed by atoms with E-state index in [1.807, 2.05) is 18.9 Å². The minimum atomic E-state index is -0.0219. The number of anilines is 1. The molecule has 0 fully saturated rings. The van der Waals surface area contributed by atoms with Crippen LogP contribution in [0.5, 0.6) is 0 Å². The number of nitriles is 1. The number of aliphatic hydroxyl groups excluding tert-OH is 1. The van der Waals surface area contributed by atoms with E-state index in [4.69, 9.17) is 10.4 Å². The van der Waals surface area contributed by atoms with Crippen molar-refractivity contribution >= 4 is 5.69 Å². The summed E-state index contributed by atoms with van der Waals surface area (Å²) >= 11 is 0. The molecule has 0 saturated heterocycles. The number of hydrogen-bond acceptors (Lipinski definition) is 4. The lowest BCUT2D eigenvalue weighted by Crippen LogP contribution is -2.32. The zero-order chi connectivity index (χ0) is 10.6. The second-order valence-electron chi connectivity index (χ2n) is 3.15. The standard InChI is InChI=1S/C10H13N3O/c1-8(7-14)13(2)10-6-12-4-3-9(10)5-11/h3-4,6,8,14H,7H2,1-2H3. The Morgan fingerprint density at radius 3 is 3.00 bits per heavy atom. The maximum absolute atomic E-state index is 8.99. The van der Waals surface area contributed by atoms with Crippen molar-refractivity contribution < 1.29 is 5.11 Å². The molecule has 74 valence electrons. The van der Waals surface area contributed by atoms with Gasteiger partial charge in [-0.05, 0) is 13.0 Å². The van der Waals surface area contributed by atoms with Crippen molar-refractivity contribution in [3.05, 3.63) is 24.0 Å².